The van der Waals surface area contributed by atoms with Gasteiger partial charge in [-0.25, -0.2) is 0 Å². The van der Waals surface area contributed by atoms with Crippen LogP contribution in [0.2, 0.25) is 0 Å². The normalized spacial score (nSPS) is 12.4. The minimum atomic E-state index is 1.18. The molecule has 0 saturated carbocycles. The van der Waals surface area contributed by atoms with Crippen molar-refractivity contribution in [3.8, 4) is 33.6 Å². The van der Waals surface area contributed by atoms with Crippen molar-refractivity contribution in [1.29, 1.82) is 0 Å². The molecule has 228 valence electrons. The summed E-state index contributed by atoms with van der Waals surface area (Å²) in [5, 5.41) is 7.82. The summed E-state index contributed by atoms with van der Waals surface area (Å²) in [5.41, 5.74) is 12.4. The first kappa shape index (κ1) is 27.0. The molecule has 0 N–H and O–H groups in total. The number of benzene rings is 8. The Balaban J connectivity index is 1.12. The molecule has 1 aliphatic heterocycles. The Morgan fingerprint density at radius 3 is 1.69 bits per heavy atom. The van der Waals surface area contributed by atoms with E-state index >= 15 is 0 Å². The van der Waals surface area contributed by atoms with Crippen LogP contribution in [-0.4, -0.2) is 9.13 Å². The predicted octanol–water partition coefficient (Wildman–Crippen LogP) is 12.8. The third-order valence-corrected chi connectivity index (χ3v) is 11.4. The van der Waals surface area contributed by atoms with Gasteiger partial charge in [0.05, 0.1) is 22.1 Å². The molecule has 3 heteroatoms. The molecule has 0 atom stereocenters. The number of nitrogens with zero attached hydrogens (tertiary/aromatic N) is 2. The van der Waals surface area contributed by atoms with Gasteiger partial charge in [-0.15, -0.1) is 0 Å². The fourth-order valence-corrected chi connectivity index (χ4v) is 9.34. The first-order valence-electron chi connectivity index (χ1n) is 16.8. The lowest BCUT2D eigenvalue weighted by Crippen LogP contribution is -1.96. The summed E-state index contributed by atoms with van der Waals surface area (Å²) in [4.78, 5) is 2.61. The van der Waals surface area contributed by atoms with Crippen LogP contribution in [0.15, 0.2) is 180 Å². The summed E-state index contributed by atoms with van der Waals surface area (Å²) in [6, 6.07) is 62.3. The van der Waals surface area contributed by atoms with E-state index in [0.717, 1.165) is 0 Å². The summed E-state index contributed by atoms with van der Waals surface area (Å²) in [5.74, 6) is 0. The van der Waals surface area contributed by atoms with Crippen LogP contribution in [0, 0.1) is 0 Å². The number of hydrogen-bond acceptors (Lipinski definition) is 1. The molecule has 2 nitrogen and oxygen atoms in total. The van der Waals surface area contributed by atoms with E-state index in [9.17, 15) is 0 Å². The summed E-state index contributed by atoms with van der Waals surface area (Å²) in [7, 11) is 0. The van der Waals surface area contributed by atoms with Gasteiger partial charge >= 0.3 is 0 Å². The molecule has 49 heavy (non-hydrogen) atoms. The zero-order valence-electron chi connectivity index (χ0n) is 26.5. The monoisotopic (exact) mass is 640 g/mol. The van der Waals surface area contributed by atoms with Crippen molar-refractivity contribution in [2.45, 2.75) is 9.79 Å². The molecule has 0 fully saturated rings. The highest BCUT2D eigenvalue weighted by Crippen LogP contribution is 2.52. The molecular weight excluding hydrogens is 613 g/mol. The Kier molecular flexibility index (Phi) is 5.63. The minimum absolute atomic E-state index is 1.18. The van der Waals surface area contributed by atoms with Crippen LogP contribution in [0.3, 0.4) is 0 Å². The van der Waals surface area contributed by atoms with Crippen LogP contribution < -0.4 is 0 Å². The van der Waals surface area contributed by atoms with E-state index in [1.807, 2.05) is 11.8 Å². The Hall–Kier alpha value is -6.03. The smallest absolute Gasteiger partial charge is 0.0558 e. The summed E-state index contributed by atoms with van der Waals surface area (Å²) in [6.45, 7) is 0. The molecule has 0 bridgehead atoms. The van der Waals surface area contributed by atoms with E-state index < -0.39 is 0 Å². The second-order valence-electron chi connectivity index (χ2n) is 12.9. The van der Waals surface area contributed by atoms with Gasteiger partial charge in [-0.3, -0.25) is 0 Å². The molecule has 0 radical (unpaired) electrons. The Morgan fingerprint density at radius 1 is 0.327 bits per heavy atom. The van der Waals surface area contributed by atoms with Crippen LogP contribution in [-0.2, 0) is 0 Å². The third kappa shape index (κ3) is 3.85. The van der Waals surface area contributed by atoms with Crippen molar-refractivity contribution in [1.82, 2.24) is 9.13 Å². The Bertz CT molecular complexity index is 2950. The molecule has 1 aliphatic rings. The van der Waals surface area contributed by atoms with Gasteiger partial charge in [0, 0.05) is 48.1 Å². The molecule has 0 unspecified atom stereocenters. The lowest BCUT2D eigenvalue weighted by atomic mass is 9.92. The fraction of sp³-hybridized carbons (Fsp3) is 0. The highest BCUT2D eigenvalue weighted by molar-refractivity contribution is 7.99. The average Bonchev–Trinajstić information content (AvgIpc) is 3.68. The van der Waals surface area contributed by atoms with Crippen LogP contribution in [0.25, 0.3) is 88.0 Å². The van der Waals surface area contributed by atoms with Crippen LogP contribution in [0.1, 0.15) is 0 Å². The largest absolute Gasteiger partial charge is 0.309 e. The highest BCUT2D eigenvalue weighted by atomic mass is 32.2. The first-order valence-corrected chi connectivity index (χ1v) is 17.6. The van der Waals surface area contributed by atoms with Gasteiger partial charge in [0.25, 0.3) is 0 Å². The van der Waals surface area contributed by atoms with Gasteiger partial charge in [0.15, 0.2) is 0 Å². The van der Waals surface area contributed by atoms with Crippen molar-refractivity contribution >= 4 is 66.1 Å². The number of rotatable bonds is 3. The van der Waals surface area contributed by atoms with Gasteiger partial charge in [-0.2, -0.15) is 0 Å². The summed E-state index contributed by atoms with van der Waals surface area (Å²) >= 11 is 1.90. The molecule has 0 saturated heterocycles. The van der Waals surface area contributed by atoms with Crippen molar-refractivity contribution in [3.05, 3.63) is 170 Å². The lowest BCUT2D eigenvalue weighted by molar-refractivity contribution is 1.18. The topological polar surface area (TPSA) is 9.86 Å². The molecule has 0 amide bonds. The second-order valence-corrected chi connectivity index (χ2v) is 14.0. The molecule has 2 aromatic heterocycles. The summed E-state index contributed by atoms with van der Waals surface area (Å²) < 4.78 is 4.81. The Labute approximate surface area is 287 Å². The van der Waals surface area contributed by atoms with E-state index in [-0.39, 0.29) is 0 Å². The maximum absolute atomic E-state index is 2.43. The van der Waals surface area contributed by atoms with Gasteiger partial charge in [-0.1, -0.05) is 115 Å². The van der Waals surface area contributed by atoms with Crippen LogP contribution in [0.4, 0.5) is 0 Å². The number of aromatic nitrogens is 2. The Morgan fingerprint density at radius 2 is 0.918 bits per heavy atom. The van der Waals surface area contributed by atoms with Gasteiger partial charge < -0.3 is 9.13 Å². The standard InChI is InChI=1S/C46H28N2S/c1-3-12-31(13-4-1)47-39-20-9-7-16-33(39)37-26-29(22-24-41(37)47)30-23-25-43-38(27-30)34-18-11-19-36-45-35-17-8-10-21-40(35)48(32-14-5-2-6-15-32)42(45)28-44(49-43)46(34)36/h1-28H. The highest BCUT2D eigenvalue weighted by Gasteiger charge is 2.24. The zero-order chi connectivity index (χ0) is 32.1. The van der Waals surface area contributed by atoms with Crippen LogP contribution >= 0.6 is 11.8 Å². The van der Waals surface area contributed by atoms with E-state index in [1.165, 1.54) is 97.8 Å². The molecule has 0 aliphatic carbocycles. The molecule has 11 rings (SSSR count). The molecule has 8 aromatic carbocycles. The van der Waals surface area contributed by atoms with Crippen LogP contribution in [0.5, 0.6) is 0 Å². The minimum Gasteiger partial charge on any atom is -0.309 e. The number of fused-ring (bicyclic) bond motifs is 9. The first-order chi connectivity index (χ1) is 24.3. The van der Waals surface area contributed by atoms with Crippen molar-refractivity contribution in [3.63, 3.8) is 0 Å². The number of para-hydroxylation sites is 4. The van der Waals surface area contributed by atoms with E-state index in [0.29, 0.717) is 0 Å². The van der Waals surface area contributed by atoms with E-state index in [1.54, 1.807) is 0 Å². The molecule has 3 heterocycles. The predicted molar refractivity (Wildman–Crippen MR) is 208 cm³/mol. The van der Waals surface area contributed by atoms with Gasteiger partial charge in [-0.05, 0) is 94.4 Å². The second kappa shape index (κ2) is 10.2. The van der Waals surface area contributed by atoms with E-state index in [4.69, 9.17) is 0 Å². The van der Waals surface area contributed by atoms with Gasteiger partial charge in [0.2, 0.25) is 0 Å². The van der Waals surface area contributed by atoms with Crippen molar-refractivity contribution in [2.24, 2.45) is 0 Å². The number of hydrogen-bond donors (Lipinski definition) is 0. The molecular formula is C46H28N2S. The molecule has 0 spiro atoms. The quantitative estimate of drug-likeness (QED) is 0.187. The van der Waals surface area contributed by atoms with Gasteiger partial charge in [0.1, 0.15) is 0 Å². The summed E-state index contributed by atoms with van der Waals surface area (Å²) in [6.07, 6.45) is 0. The van der Waals surface area contributed by atoms with Crippen molar-refractivity contribution in [2.75, 3.05) is 0 Å². The SMILES string of the molecule is c1ccc(-n2c3ccccc3c3cc(-c4ccc5c(c4)-c4cccc6c4c(cc4c6c6ccccc6n4-c4ccccc4)S5)ccc32)cc1. The maximum Gasteiger partial charge on any atom is 0.0558 e. The third-order valence-electron chi connectivity index (χ3n) is 10.3. The fourth-order valence-electron chi connectivity index (χ4n) is 8.20. The zero-order valence-corrected chi connectivity index (χ0v) is 27.3. The van der Waals surface area contributed by atoms with E-state index in [2.05, 4.69) is 179 Å². The average molecular weight is 641 g/mol. The maximum atomic E-state index is 2.43. The van der Waals surface area contributed by atoms with Crippen molar-refractivity contribution < 1.29 is 0 Å². The molecule has 10 aromatic rings. The lowest BCUT2D eigenvalue weighted by Gasteiger charge is -2.22.